The molecule has 1 saturated carbocycles. The number of anilines is 1. The van der Waals surface area contributed by atoms with Crippen LogP contribution in [0.1, 0.15) is 43.0 Å². The van der Waals surface area contributed by atoms with Crippen LogP contribution in [0.2, 0.25) is 5.02 Å². The first-order chi connectivity index (χ1) is 9.97. The number of carbonyl (C=O) groups is 1. The number of amides is 1. The molecule has 2 rings (SSSR count). The maximum absolute atomic E-state index is 12.1. The van der Waals surface area contributed by atoms with Crippen molar-refractivity contribution in [3.63, 3.8) is 0 Å². The number of hydrogen-bond donors (Lipinski definition) is 1. The van der Waals surface area contributed by atoms with Crippen LogP contribution >= 0.6 is 11.6 Å². The van der Waals surface area contributed by atoms with Crippen molar-refractivity contribution in [1.29, 1.82) is 0 Å². The summed E-state index contributed by atoms with van der Waals surface area (Å²) in [7, 11) is 3.48. The fourth-order valence-corrected chi connectivity index (χ4v) is 3.03. The van der Waals surface area contributed by atoms with Crippen LogP contribution in [-0.2, 0) is 0 Å². The maximum atomic E-state index is 12.1. The van der Waals surface area contributed by atoms with Crippen LogP contribution in [0.3, 0.4) is 0 Å². The van der Waals surface area contributed by atoms with Gasteiger partial charge in [-0.3, -0.25) is 4.79 Å². The highest BCUT2D eigenvalue weighted by molar-refractivity contribution is 6.34. The summed E-state index contributed by atoms with van der Waals surface area (Å²) < 4.78 is 0. The molecule has 1 fully saturated rings. The van der Waals surface area contributed by atoms with Crippen molar-refractivity contribution < 1.29 is 4.79 Å². The number of benzene rings is 1. The highest BCUT2D eigenvalue weighted by Gasteiger charge is 2.18. The molecule has 1 amide bonds. The summed E-state index contributed by atoms with van der Waals surface area (Å²) in [5.74, 6) is 1.56. The lowest BCUT2D eigenvalue weighted by molar-refractivity contribution is 0.0828. The average Bonchev–Trinajstić information content (AvgIpc) is 2.47. The smallest absolute Gasteiger partial charge is 0.254 e. The Bertz CT molecular complexity index is 494. The zero-order valence-electron chi connectivity index (χ0n) is 13.2. The number of carbonyl (C=O) groups excluding carboxylic acids is 1. The Morgan fingerprint density at radius 2 is 1.95 bits per heavy atom. The van der Waals surface area contributed by atoms with Gasteiger partial charge in [0, 0.05) is 26.3 Å². The van der Waals surface area contributed by atoms with Gasteiger partial charge in [0.1, 0.15) is 0 Å². The molecule has 0 bridgehead atoms. The van der Waals surface area contributed by atoms with Crippen LogP contribution in [0.15, 0.2) is 18.2 Å². The molecule has 3 nitrogen and oxygen atoms in total. The van der Waals surface area contributed by atoms with Gasteiger partial charge in [0.15, 0.2) is 0 Å². The van der Waals surface area contributed by atoms with E-state index in [1.807, 2.05) is 12.1 Å². The molecule has 1 aliphatic rings. The molecule has 0 spiro atoms. The number of nitrogens with one attached hydrogen (secondary N) is 1. The van der Waals surface area contributed by atoms with Gasteiger partial charge in [-0.15, -0.1) is 0 Å². The monoisotopic (exact) mass is 308 g/mol. The Morgan fingerprint density at radius 3 is 2.57 bits per heavy atom. The van der Waals surface area contributed by atoms with Crippen molar-refractivity contribution in [3.8, 4) is 0 Å². The van der Waals surface area contributed by atoms with E-state index in [0.717, 1.165) is 24.1 Å². The van der Waals surface area contributed by atoms with Crippen LogP contribution in [0.5, 0.6) is 0 Å². The number of rotatable bonds is 4. The van der Waals surface area contributed by atoms with Gasteiger partial charge in [-0.1, -0.05) is 31.4 Å². The molecular formula is C17H25ClN2O. The summed E-state index contributed by atoms with van der Waals surface area (Å²) in [4.78, 5) is 13.6. The third-order valence-electron chi connectivity index (χ3n) is 4.33. The van der Waals surface area contributed by atoms with Crippen LogP contribution in [0.25, 0.3) is 0 Å². The van der Waals surface area contributed by atoms with Gasteiger partial charge < -0.3 is 10.2 Å². The van der Waals surface area contributed by atoms with Gasteiger partial charge in [-0.2, -0.15) is 0 Å². The minimum atomic E-state index is -0.0601. The summed E-state index contributed by atoms with van der Waals surface area (Å²) in [5.41, 5.74) is 1.53. The van der Waals surface area contributed by atoms with Crippen molar-refractivity contribution in [3.05, 3.63) is 28.8 Å². The Balaban J connectivity index is 1.97. The molecule has 21 heavy (non-hydrogen) atoms. The molecule has 0 unspecified atom stereocenters. The highest BCUT2D eigenvalue weighted by atomic mass is 35.5. The molecule has 1 aliphatic carbocycles. The van der Waals surface area contributed by atoms with Crippen molar-refractivity contribution in [2.75, 3.05) is 26.0 Å². The molecule has 0 aliphatic heterocycles. The average molecular weight is 309 g/mol. The first-order valence-electron chi connectivity index (χ1n) is 7.72. The van der Waals surface area contributed by atoms with Crippen LogP contribution in [0, 0.1) is 11.8 Å². The van der Waals surface area contributed by atoms with Crippen molar-refractivity contribution in [2.24, 2.45) is 11.8 Å². The van der Waals surface area contributed by atoms with Gasteiger partial charge in [0.05, 0.1) is 10.6 Å². The van der Waals surface area contributed by atoms with Gasteiger partial charge in [0.25, 0.3) is 5.91 Å². The largest absolute Gasteiger partial charge is 0.385 e. The quantitative estimate of drug-likeness (QED) is 0.900. The lowest BCUT2D eigenvalue weighted by atomic mass is 9.83. The normalized spacial score (nSPS) is 21.9. The standard InChI is InChI=1S/C17H25ClN2O/c1-12-4-6-13(7-5-12)11-19-14-8-9-16(18)15(10-14)17(21)20(2)3/h8-10,12-13,19H,4-7,11H2,1-3H3. The van der Waals surface area contributed by atoms with E-state index < -0.39 is 0 Å². The van der Waals surface area contributed by atoms with Crippen molar-refractivity contribution in [2.45, 2.75) is 32.6 Å². The minimum absolute atomic E-state index is 0.0601. The molecule has 1 N–H and O–H groups in total. The van der Waals surface area contributed by atoms with Gasteiger partial charge in [0.2, 0.25) is 0 Å². The SMILES string of the molecule is CC1CCC(CNc2ccc(Cl)c(C(=O)N(C)C)c2)CC1. The van der Waals surface area contributed by atoms with Crippen LogP contribution < -0.4 is 5.32 Å². The number of nitrogens with zero attached hydrogens (tertiary/aromatic N) is 1. The van der Waals surface area contributed by atoms with Gasteiger partial charge in [-0.25, -0.2) is 0 Å². The molecular weight excluding hydrogens is 284 g/mol. The Hall–Kier alpha value is -1.22. The summed E-state index contributed by atoms with van der Waals surface area (Å²) in [6.45, 7) is 3.31. The maximum Gasteiger partial charge on any atom is 0.254 e. The Labute approximate surface area is 132 Å². The van der Waals surface area contributed by atoms with E-state index in [2.05, 4.69) is 12.2 Å². The second-order valence-corrected chi connectivity index (χ2v) is 6.81. The predicted octanol–water partition coefficient (Wildman–Crippen LogP) is 4.28. The fraction of sp³-hybridized carbons (Fsp3) is 0.588. The molecule has 1 aromatic carbocycles. The molecule has 1 aromatic rings. The van der Waals surface area contributed by atoms with Gasteiger partial charge >= 0.3 is 0 Å². The minimum Gasteiger partial charge on any atom is -0.385 e. The van der Waals surface area contributed by atoms with E-state index in [9.17, 15) is 4.79 Å². The lowest BCUT2D eigenvalue weighted by Gasteiger charge is -2.26. The molecule has 0 heterocycles. The van der Waals surface area contributed by atoms with E-state index in [1.165, 1.54) is 25.7 Å². The fourth-order valence-electron chi connectivity index (χ4n) is 2.84. The van der Waals surface area contributed by atoms with Gasteiger partial charge in [-0.05, 0) is 42.9 Å². The molecule has 0 atom stereocenters. The van der Waals surface area contributed by atoms with Crippen molar-refractivity contribution >= 4 is 23.2 Å². The van der Waals surface area contributed by atoms with Crippen LogP contribution in [-0.4, -0.2) is 31.4 Å². The van der Waals surface area contributed by atoms with E-state index in [4.69, 9.17) is 11.6 Å². The first-order valence-corrected chi connectivity index (χ1v) is 8.10. The summed E-state index contributed by atoms with van der Waals surface area (Å²) in [6.07, 6.45) is 5.26. The lowest BCUT2D eigenvalue weighted by Crippen LogP contribution is -2.23. The molecule has 0 aromatic heterocycles. The Kier molecular flexibility index (Phi) is 5.51. The van der Waals surface area contributed by atoms with E-state index in [1.54, 1.807) is 25.1 Å². The highest BCUT2D eigenvalue weighted by Crippen LogP contribution is 2.29. The second-order valence-electron chi connectivity index (χ2n) is 6.40. The van der Waals surface area contributed by atoms with E-state index in [-0.39, 0.29) is 5.91 Å². The third kappa shape index (κ3) is 4.37. The number of hydrogen-bond acceptors (Lipinski definition) is 2. The topological polar surface area (TPSA) is 32.3 Å². The second kappa shape index (κ2) is 7.17. The zero-order valence-corrected chi connectivity index (χ0v) is 13.9. The van der Waals surface area contributed by atoms with Crippen molar-refractivity contribution in [1.82, 2.24) is 4.90 Å². The first kappa shape index (κ1) is 16.2. The summed E-state index contributed by atoms with van der Waals surface area (Å²) in [6, 6.07) is 5.60. The third-order valence-corrected chi connectivity index (χ3v) is 4.66. The van der Waals surface area contributed by atoms with E-state index >= 15 is 0 Å². The summed E-state index contributed by atoms with van der Waals surface area (Å²) in [5, 5.41) is 3.97. The zero-order chi connectivity index (χ0) is 15.4. The predicted molar refractivity (Wildman–Crippen MR) is 89.1 cm³/mol. The molecule has 0 radical (unpaired) electrons. The molecule has 0 saturated heterocycles. The van der Waals surface area contributed by atoms with Crippen LogP contribution in [0.4, 0.5) is 5.69 Å². The Morgan fingerprint density at radius 1 is 1.29 bits per heavy atom. The number of halogens is 1. The van der Waals surface area contributed by atoms with E-state index in [0.29, 0.717) is 10.6 Å². The molecule has 116 valence electrons. The summed E-state index contributed by atoms with van der Waals surface area (Å²) >= 11 is 6.12. The molecule has 4 heteroatoms.